The normalized spacial score (nSPS) is 12.0. The fraction of sp³-hybridized carbons (Fsp3) is 0.176. The minimum atomic E-state index is -0.569. The number of hydrogen-bond donors (Lipinski definition) is 2. The van der Waals surface area contributed by atoms with Crippen molar-refractivity contribution in [3.63, 3.8) is 0 Å². The Labute approximate surface area is 137 Å². The van der Waals surface area contributed by atoms with Crippen LogP contribution >= 0.6 is 0 Å². The highest BCUT2D eigenvalue weighted by molar-refractivity contribution is 6.04. The molecule has 0 aliphatic heterocycles. The second-order valence-corrected chi connectivity index (χ2v) is 5.17. The van der Waals surface area contributed by atoms with Crippen molar-refractivity contribution in [3.8, 4) is 0 Å². The summed E-state index contributed by atoms with van der Waals surface area (Å²) >= 11 is 0. The minimum Gasteiger partial charge on any atom is -0.382 e. The number of nitrogens with zero attached hydrogens (tertiary/aromatic N) is 2. The maximum atomic E-state index is 12.7. The molecule has 0 fully saturated rings. The first kappa shape index (κ1) is 15.8. The molecule has 0 radical (unpaired) electrons. The van der Waals surface area contributed by atoms with E-state index in [1.54, 1.807) is 49.7 Å². The van der Waals surface area contributed by atoms with Crippen LogP contribution in [-0.2, 0) is 4.74 Å². The maximum Gasteiger partial charge on any atom is 0.346 e. The number of fused-ring (bicyclic) bond motifs is 1. The number of carbonyl (C=O) groups excluding carboxylic acids is 1. The van der Waals surface area contributed by atoms with Crippen molar-refractivity contribution in [2.24, 2.45) is 0 Å². The number of pyridine rings is 1. The number of nitrogens with one attached hydrogen (secondary N) is 2. The molecule has 3 aromatic rings. The Bertz CT molecular complexity index is 908. The van der Waals surface area contributed by atoms with Crippen molar-refractivity contribution < 1.29 is 9.53 Å². The fourth-order valence-electron chi connectivity index (χ4n) is 2.45. The van der Waals surface area contributed by atoms with Crippen LogP contribution in [0.2, 0.25) is 0 Å². The van der Waals surface area contributed by atoms with Crippen molar-refractivity contribution in [1.82, 2.24) is 20.3 Å². The quantitative estimate of drug-likeness (QED) is 0.740. The van der Waals surface area contributed by atoms with Crippen LogP contribution in [0.25, 0.3) is 10.9 Å². The summed E-state index contributed by atoms with van der Waals surface area (Å²) in [5.74, 6) is -0.454. The van der Waals surface area contributed by atoms with E-state index < -0.39 is 17.6 Å². The molecule has 24 heavy (non-hydrogen) atoms. The van der Waals surface area contributed by atoms with Crippen LogP contribution < -0.4 is 11.0 Å². The van der Waals surface area contributed by atoms with E-state index in [0.29, 0.717) is 16.6 Å². The van der Waals surface area contributed by atoms with Gasteiger partial charge in [-0.15, -0.1) is 0 Å². The Morgan fingerprint density at radius 2 is 2.04 bits per heavy atom. The summed E-state index contributed by atoms with van der Waals surface area (Å²) in [6.07, 6.45) is 1.64. The number of hydrogen-bond acceptors (Lipinski definition) is 5. The zero-order valence-electron chi connectivity index (χ0n) is 13.0. The molecule has 0 saturated heterocycles. The maximum absolute atomic E-state index is 12.7. The molecule has 0 bridgehead atoms. The van der Waals surface area contributed by atoms with Gasteiger partial charge in [0.2, 0.25) is 0 Å². The average Bonchev–Trinajstić information content (AvgIpc) is 2.61. The van der Waals surface area contributed by atoms with E-state index in [-0.39, 0.29) is 12.3 Å². The molecule has 2 heterocycles. The molecular weight excluding hydrogens is 308 g/mol. The van der Waals surface area contributed by atoms with Crippen LogP contribution in [-0.4, -0.2) is 34.6 Å². The van der Waals surface area contributed by atoms with Crippen LogP contribution in [0, 0.1) is 0 Å². The number of carbonyl (C=O) groups is 1. The van der Waals surface area contributed by atoms with Crippen molar-refractivity contribution in [1.29, 1.82) is 0 Å². The lowest BCUT2D eigenvalue weighted by Crippen LogP contribution is -2.33. The molecule has 7 nitrogen and oxygen atoms in total. The van der Waals surface area contributed by atoms with Gasteiger partial charge in [0.25, 0.3) is 5.91 Å². The highest BCUT2D eigenvalue weighted by Crippen LogP contribution is 2.15. The second-order valence-electron chi connectivity index (χ2n) is 5.17. The van der Waals surface area contributed by atoms with Gasteiger partial charge in [0.15, 0.2) is 0 Å². The molecule has 0 spiro atoms. The van der Waals surface area contributed by atoms with E-state index in [1.165, 1.54) is 0 Å². The number of rotatable bonds is 5. The summed E-state index contributed by atoms with van der Waals surface area (Å²) in [6.45, 7) is 0.254. The number of para-hydroxylation sites is 1. The zero-order chi connectivity index (χ0) is 16.9. The topological polar surface area (TPSA) is 97.0 Å². The summed E-state index contributed by atoms with van der Waals surface area (Å²) in [5, 5.41) is 3.40. The lowest BCUT2D eigenvalue weighted by Gasteiger charge is -2.17. The third kappa shape index (κ3) is 3.31. The second kappa shape index (κ2) is 7.01. The molecular formula is C17H16N4O3. The summed E-state index contributed by atoms with van der Waals surface area (Å²) in [5.41, 5.74) is 0.733. The van der Waals surface area contributed by atoms with Gasteiger partial charge in [0.1, 0.15) is 5.69 Å². The van der Waals surface area contributed by atoms with Gasteiger partial charge >= 0.3 is 5.69 Å². The highest BCUT2D eigenvalue weighted by Gasteiger charge is 2.20. The molecule has 7 heteroatoms. The van der Waals surface area contributed by atoms with Gasteiger partial charge in [0.05, 0.1) is 23.9 Å². The Kier molecular flexibility index (Phi) is 4.62. The summed E-state index contributed by atoms with van der Waals surface area (Å²) in [4.78, 5) is 35.0. The number of benzene rings is 1. The molecule has 0 aliphatic carbocycles. The predicted molar refractivity (Wildman–Crippen MR) is 88.7 cm³/mol. The monoisotopic (exact) mass is 324 g/mol. The molecule has 0 aliphatic rings. The molecule has 2 N–H and O–H groups in total. The molecule has 0 saturated carbocycles. The fourth-order valence-corrected chi connectivity index (χ4v) is 2.45. The number of ether oxygens (including phenoxy) is 1. The standard InChI is InChI=1S/C17H16N4O3/c1-24-10-14(13-8-4-5-9-18-13)19-16(22)15-11-6-2-3-7-12(11)20-17(23)21-15/h2-9,14H,10H2,1H3,(H,19,22)(H,20,21,23). The molecule has 2 aromatic heterocycles. The lowest BCUT2D eigenvalue weighted by molar-refractivity contribution is 0.0891. The summed E-state index contributed by atoms with van der Waals surface area (Å²) in [6, 6.07) is 12.0. The van der Waals surface area contributed by atoms with Gasteiger partial charge in [-0.25, -0.2) is 4.79 Å². The largest absolute Gasteiger partial charge is 0.382 e. The van der Waals surface area contributed by atoms with Crippen molar-refractivity contribution in [2.75, 3.05) is 13.7 Å². The van der Waals surface area contributed by atoms with Crippen molar-refractivity contribution >= 4 is 16.8 Å². The van der Waals surface area contributed by atoms with E-state index >= 15 is 0 Å². The van der Waals surface area contributed by atoms with E-state index in [2.05, 4.69) is 20.3 Å². The summed E-state index contributed by atoms with van der Waals surface area (Å²) in [7, 11) is 1.54. The first-order chi connectivity index (χ1) is 11.7. The molecule has 3 rings (SSSR count). The number of methoxy groups -OCH3 is 1. The Morgan fingerprint density at radius 1 is 1.25 bits per heavy atom. The van der Waals surface area contributed by atoms with Crippen molar-refractivity contribution in [3.05, 3.63) is 70.5 Å². The van der Waals surface area contributed by atoms with Crippen LogP contribution in [0.5, 0.6) is 0 Å². The number of amides is 1. The first-order valence-electron chi connectivity index (χ1n) is 7.39. The van der Waals surface area contributed by atoms with Crippen molar-refractivity contribution in [2.45, 2.75) is 6.04 Å². The number of aromatic amines is 1. The van der Waals surface area contributed by atoms with Crippen LogP contribution in [0.3, 0.4) is 0 Å². The molecule has 122 valence electrons. The van der Waals surface area contributed by atoms with Gasteiger partial charge in [-0.1, -0.05) is 24.3 Å². The minimum absolute atomic E-state index is 0.0754. The molecule has 1 amide bonds. The van der Waals surface area contributed by atoms with E-state index in [0.717, 1.165) is 0 Å². The van der Waals surface area contributed by atoms with Gasteiger partial charge in [0, 0.05) is 18.7 Å². The Hall–Kier alpha value is -3.06. The van der Waals surface area contributed by atoms with Gasteiger partial charge < -0.3 is 15.0 Å². The van der Waals surface area contributed by atoms with E-state index in [9.17, 15) is 9.59 Å². The van der Waals surface area contributed by atoms with Gasteiger partial charge in [-0.3, -0.25) is 9.78 Å². The van der Waals surface area contributed by atoms with Gasteiger partial charge in [-0.2, -0.15) is 4.98 Å². The first-order valence-corrected chi connectivity index (χ1v) is 7.39. The van der Waals surface area contributed by atoms with Crippen LogP contribution in [0.15, 0.2) is 53.5 Å². The lowest BCUT2D eigenvalue weighted by atomic mass is 10.1. The number of H-pyrrole nitrogens is 1. The van der Waals surface area contributed by atoms with E-state index in [4.69, 9.17) is 4.74 Å². The summed E-state index contributed by atoms with van der Waals surface area (Å²) < 4.78 is 5.16. The highest BCUT2D eigenvalue weighted by atomic mass is 16.5. The number of aromatic nitrogens is 3. The zero-order valence-corrected chi connectivity index (χ0v) is 13.0. The Balaban J connectivity index is 1.95. The van der Waals surface area contributed by atoms with Crippen LogP contribution in [0.1, 0.15) is 22.2 Å². The average molecular weight is 324 g/mol. The smallest absolute Gasteiger partial charge is 0.346 e. The van der Waals surface area contributed by atoms with Crippen LogP contribution in [0.4, 0.5) is 0 Å². The predicted octanol–water partition coefficient (Wildman–Crippen LogP) is 1.44. The Morgan fingerprint density at radius 3 is 2.79 bits per heavy atom. The van der Waals surface area contributed by atoms with E-state index in [1.807, 2.05) is 6.07 Å². The molecule has 1 aromatic carbocycles. The SMILES string of the molecule is COCC(NC(=O)c1nc(=O)[nH]c2ccccc12)c1ccccn1. The van der Waals surface area contributed by atoms with Gasteiger partial charge in [-0.05, 0) is 18.2 Å². The third-order valence-electron chi connectivity index (χ3n) is 3.54. The molecule has 1 atom stereocenters. The third-order valence-corrected chi connectivity index (χ3v) is 3.54. The molecule has 1 unspecified atom stereocenters.